The van der Waals surface area contributed by atoms with Gasteiger partial charge in [-0.05, 0) is 49.4 Å². The summed E-state index contributed by atoms with van der Waals surface area (Å²) in [5.74, 6) is 0.412. The first-order valence-corrected chi connectivity index (χ1v) is 6.05. The minimum absolute atomic E-state index is 0.412. The highest BCUT2D eigenvalue weighted by Gasteiger charge is 2.04. The SMILES string of the molecule is CSc1ccc(CC(CN)CN)cc1. The number of thioether (sulfide) groups is 1. The molecule has 78 valence electrons. The Bertz CT molecular complexity index is 254. The second-order valence-electron chi connectivity index (χ2n) is 3.39. The highest BCUT2D eigenvalue weighted by atomic mass is 32.2. The third kappa shape index (κ3) is 3.33. The van der Waals surface area contributed by atoms with Gasteiger partial charge in [0.1, 0.15) is 0 Å². The molecule has 0 aliphatic carbocycles. The van der Waals surface area contributed by atoms with Gasteiger partial charge in [0.15, 0.2) is 0 Å². The first kappa shape index (κ1) is 11.6. The molecule has 0 saturated carbocycles. The summed E-state index contributed by atoms with van der Waals surface area (Å²) in [5, 5.41) is 0. The molecule has 0 spiro atoms. The Hall–Kier alpha value is -0.510. The zero-order chi connectivity index (χ0) is 10.4. The van der Waals surface area contributed by atoms with Gasteiger partial charge < -0.3 is 11.5 Å². The van der Waals surface area contributed by atoms with Crippen LogP contribution >= 0.6 is 11.8 Å². The summed E-state index contributed by atoms with van der Waals surface area (Å²) >= 11 is 1.76. The van der Waals surface area contributed by atoms with Crippen LogP contribution in [0.25, 0.3) is 0 Å². The lowest BCUT2D eigenvalue weighted by Crippen LogP contribution is -2.25. The summed E-state index contributed by atoms with van der Waals surface area (Å²) < 4.78 is 0. The number of hydrogen-bond donors (Lipinski definition) is 2. The lowest BCUT2D eigenvalue weighted by Gasteiger charge is -2.11. The fourth-order valence-electron chi connectivity index (χ4n) is 1.36. The van der Waals surface area contributed by atoms with Crippen LogP contribution in [-0.4, -0.2) is 19.3 Å². The van der Waals surface area contributed by atoms with E-state index in [4.69, 9.17) is 11.5 Å². The average molecular weight is 210 g/mol. The van der Waals surface area contributed by atoms with Crippen molar-refractivity contribution in [2.24, 2.45) is 17.4 Å². The number of hydrogen-bond acceptors (Lipinski definition) is 3. The van der Waals surface area contributed by atoms with Crippen molar-refractivity contribution >= 4 is 11.8 Å². The molecule has 1 aromatic carbocycles. The van der Waals surface area contributed by atoms with Gasteiger partial charge in [-0.15, -0.1) is 11.8 Å². The quantitative estimate of drug-likeness (QED) is 0.724. The maximum atomic E-state index is 5.60. The Morgan fingerprint density at radius 3 is 2.14 bits per heavy atom. The molecule has 0 unspecified atom stereocenters. The summed E-state index contributed by atoms with van der Waals surface area (Å²) in [6.07, 6.45) is 3.07. The molecule has 0 saturated heterocycles. The van der Waals surface area contributed by atoms with Gasteiger partial charge in [0.2, 0.25) is 0 Å². The van der Waals surface area contributed by atoms with Gasteiger partial charge in [-0.25, -0.2) is 0 Å². The van der Waals surface area contributed by atoms with Crippen LogP contribution in [0.5, 0.6) is 0 Å². The maximum absolute atomic E-state index is 5.60. The van der Waals surface area contributed by atoms with Crippen molar-refractivity contribution in [3.8, 4) is 0 Å². The van der Waals surface area contributed by atoms with Crippen LogP contribution in [-0.2, 0) is 6.42 Å². The summed E-state index contributed by atoms with van der Waals surface area (Å²) in [6.45, 7) is 1.33. The van der Waals surface area contributed by atoms with E-state index in [-0.39, 0.29) is 0 Å². The van der Waals surface area contributed by atoms with E-state index in [2.05, 4.69) is 30.5 Å². The first-order chi connectivity index (χ1) is 6.80. The second-order valence-corrected chi connectivity index (χ2v) is 4.27. The Morgan fingerprint density at radius 2 is 1.71 bits per heavy atom. The van der Waals surface area contributed by atoms with Gasteiger partial charge in [-0.1, -0.05) is 12.1 Å². The molecule has 1 rings (SSSR count). The van der Waals surface area contributed by atoms with Crippen molar-refractivity contribution in [2.45, 2.75) is 11.3 Å². The predicted molar refractivity (Wildman–Crippen MR) is 63.5 cm³/mol. The molecular formula is C11H18N2S. The van der Waals surface area contributed by atoms with E-state index < -0.39 is 0 Å². The van der Waals surface area contributed by atoms with Gasteiger partial charge in [-0.3, -0.25) is 0 Å². The Kier molecular flexibility index (Phi) is 5.01. The number of benzene rings is 1. The Balaban J connectivity index is 2.58. The van der Waals surface area contributed by atoms with Gasteiger partial charge in [-0.2, -0.15) is 0 Å². The van der Waals surface area contributed by atoms with Crippen molar-refractivity contribution in [1.82, 2.24) is 0 Å². The summed E-state index contributed by atoms with van der Waals surface area (Å²) in [7, 11) is 0. The van der Waals surface area contributed by atoms with E-state index >= 15 is 0 Å². The van der Waals surface area contributed by atoms with E-state index in [0.29, 0.717) is 19.0 Å². The van der Waals surface area contributed by atoms with Gasteiger partial charge in [0.05, 0.1) is 0 Å². The van der Waals surface area contributed by atoms with Crippen LogP contribution in [0, 0.1) is 5.92 Å². The molecule has 0 heterocycles. The molecule has 14 heavy (non-hydrogen) atoms. The zero-order valence-electron chi connectivity index (χ0n) is 8.57. The topological polar surface area (TPSA) is 52.0 Å². The largest absolute Gasteiger partial charge is 0.330 e. The van der Waals surface area contributed by atoms with E-state index in [1.165, 1.54) is 10.5 Å². The molecule has 0 atom stereocenters. The lowest BCUT2D eigenvalue weighted by molar-refractivity contribution is 0.548. The molecule has 0 bridgehead atoms. The average Bonchev–Trinajstić information content (AvgIpc) is 2.26. The molecule has 0 aromatic heterocycles. The summed E-state index contributed by atoms with van der Waals surface area (Å²) in [5.41, 5.74) is 12.5. The number of rotatable bonds is 5. The standard InChI is InChI=1S/C11H18N2S/c1-14-11-4-2-9(3-5-11)6-10(7-12)8-13/h2-5,10H,6-8,12-13H2,1H3. The highest BCUT2D eigenvalue weighted by molar-refractivity contribution is 7.98. The molecule has 3 heteroatoms. The third-order valence-electron chi connectivity index (χ3n) is 2.35. The van der Waals surface area contributed by atoms with Gasteiger partial charge in [0, 0.05) is 4.90 Å². The van der Waals surface area contributed by atoms with Crippen molar-refractivity contribution in [3.05, 3.63) is 29.8 Å². The van der Waals surface area contributed by atoms with E-state index in [1.54, 1.807) is 11.8 Å². The van der Waals surface area contributed by atoms with E-state index in [1.807, 2.05) is 0 Å². The zero-order valence-corrected chi connectivity index (χ0v) is 9.39. The molecule has 0 fully saturated rings. The molecule has 0 radical (unpaired) electrons. The van der Waals surface area contributed by atoms with Crippen molar-refractivity contribution < 1.29 is 0 Å². The smallest absolute Gasteiger partial charge is 0.00693 e. The van der Waals surface area contributed by atoms with Crippen molar-refractivity contribution in [2.75, 3.05) is 19.3 Å². The Morgan fingerprint density at radius 1 is 1.14 bits per heavy atom. The fourth-order valence-corrected chi connectivity index (χ4v) is 1.77. The molecule has 2 nitrogen and oxygen atoms in total. The fraction of sp³-hybridized carbons (Fsp3) is 0.455. The van der Waals surface area contributed by atoms with Crippen LogP contribution < -0.4 is 11.5 Å². The second kappa shape index (κ2) is 6.06. The highest BCUT2D eigenvalue weighted by Crippen LogP contribution is 2.16. The van der Waals surface area contributed by atoms with Crippen LogP contribution in [0.1, 0.15) is 5.56 Å². The van der Waals surface area contributed by atoms with Crippen LogP contribution in [0.4, 0.5) is 0 Å². The van der Waals surface area contributed by atoms with E-state index in [9.17, 15) is 0 Å². The van der Waals surface area contributed by atoms with E-state index in [0.717, 1.165) is 6.42 Å². The predicted octanol–water partition coefficient (Wildman–Crippen LogP) is 1.48. The third-order valence-corrected chi connectivity index (χ3v) is 3.09. The normalized spacial score (nSPS) is 10.9. The minimum Gasteiger partial charge on any atom is -0.330 e. The lowest BCUT2D eigenvalue weighted by atomic mass is 10.00. The molecule has 1 aromatic rings. The first-order valence-electron chi connectivity index (χ1n) is 4.83. The van der Waals surface area contributed by atoms with Gasteiger partial charge in [0.25, 0.3) is 0 Å². The Labute approximate surface area is 90.1 Å². The minimum atomic E-state index is 0.412. The molecule has 0 aliphatic heterocycles. The summed E-state index contributed by atoms with van der Waals surface area (Å²) in [6, 6.07) is 8.60. The van der Waals surface area contributed by atoms with Crippen LogP contribution in [0.3, 0.4) is 0 Å². The van der Waals surface area contributed by atoms with Crippen LogP contribution in [0.15, 0.2) is 29.2 Å². The molecule has 0 amide bonds. The summed E-state index contributed by atoms with van der Waals surface area (Å²) in [4.78, 5) is 1.30. The maximum Gasteiger partial charge on any atom is 0.00693 e. The van der Waals surface area contributed by atoms with Crippen molar-refractivity contribution in [1.29, 1.82) is 0 Å². The number of nitrogens with two attached hydrogens (primary N) is 2. The molecule has 0 aliphatic rings. The van der Waals surface area contributed by atoms with Crippen LogP contribution in [0.2, 0.25) is 0 Å². The van der Waals surface area contributed by atoms with Gasteiger partial charge >= 0.3 is 0 Å². The van der Waals surface area contributed by atoms with Crippen molar-refractivity contribution in [3.63, 3.8) is 0 Å². The molecular weight excluding hydrogens is 192 g/mol. The monoisotopic (exact) mass is 210 g/mol. The molecule has 4 N–H and O–H groups in total.